The molecule has 0 unspecified atom stereocenters. The summed E-state index contributed by atoms with van der Waals surface area (Å²) >= 11 is 1.35. The lowest BCUT2D eigenvalue weighted by Crippen LogP contribution is -2.25. The summed E-state index contributed by atoms with van der Waals surface area (Å²) in [6.45, 7) is 3.12. The molecule has 0 fully saturated rings. The van der Waals surface area contributed by atoms with Crippen LogP contribution in [0.15, 0.2) is 29.7 Å². The van der Waals surface area contributed by atoms with Crippen LogP contribution in [0.3, 0.4) is 0 Å². The van der Waals surface area contributed by atoms with Crippen molar-refractivity contribution in [3.63, 3.8) is 0 Å². The van der Waals surface area contributed by atoms with Gasteiger partial charge in [-0.25, -0.2) is 0 Å². The van der Waals surface area contributed by atoms with Gasteiger partial charge >= 0.3 is 0 Å². The molecule has 114 valence electrons. The number of nitrogens with zero attached hydrogens (tertiary/aromatic N) is 4. The SMILES string of the molecule is C#CCNC(=O)CSc1nnc(-c2ccncc2)n1CCC. The first-order valence-corrected chi connectivity index (χ1v) is 7.91. The maximum atomic E-state index is 11.6. The molecule has 1 amide bonds. The van der Waals surface area contributed by atoms with Crippen molar-refractivity contribution in [3.05, 3.63) is 24.5 Å². The van der Waals surface area contributed by atoms with Gasteiger partial charge in [0.05, 0.1) is 12.3 Å². The summed E-state index contributed by atoms with van der Waals surface area (Å²) < 4.78 is 2.02. The summed E-state index contributed by atoms with van der Waals surface area (Å²) in [5.41, 5.74) is 0.958. The number of amides is 1. The molecule has 7 heteroatoms. The van der Waals surface area contributed by atoms with Crippen LogP contribution in [0.5, 0.6) is 0 Å². The quantitative estimate of drug-likeness (QED) is 0.620. The van der Waals surface area contributed by atoms with E-state index in [4.69, 9.17) is 6.42 Å². The van der Waals surface area contributed by atoms with Gasteiger partial charge in [-0.1, -0.05) is 24.6 Å². The molecular weight excluding hydrogens is 298 g/mol. The van der Waals surface area contributed by atoms with Crippen LogP contribution in [0.4, 0.5) is 0 Å². The van der Waals surface area contributed by atoms with E-state index in [-0.39, 0.29) is 18.2 Å². The number of carbonyl (C=O) groups excluding carboxylic acids is 1. The molecule has 2 aromatic heterocycles. The van der Waals surface area contributed by atoms with Crippen LogP contribution in [0.25, 0.3) is 11.4 Å². The van der Waals surface area contributed by atoms with Gasteiger partial charge in [0, 0.05) is 24.5 Å². The van der Waals surface area contributed by atoms with Gasteiger partial charge in [-0.2, -0.15) is 0 Å². The highest BCUT2D eigenvalue weighted by molar-refractivity contribution is 7.99. The van der Waals surface area contributed by atoms with Crippen LogP contribution in [0, 0.1) is 12.3 Å². The average molecular weight is 315 g/mol. The third-order valence-electron chi connectivity index (χ3n) is 2.82. The van der Waals surface area contributed by atoms with E-state index in [9.17, 15) is 4.79 Å². The fraction of sp³-hybridized carbons (Fsp3) is 0.333. The lowest BCUT2D eigenvalue weighted by molar-refractivity contribution is -0.118. The monoisotopic (exact) mass is 315 g/mol. The van der Waals surface area contributed by atoms with Crippen molar-refractivity contribution in [2.75, 3.05) is 12.3 Å². The Hall–Kier alpha value is -2.33. The van der Waals surface area contributed by atoms with Crippen LogP contribution in [-0.2, 0) is 11.3 Å². The summed E-state index contributed by atoms with van der Waals surface area (Å²) in [5.74, 6) is 3.31. The zero-order valence-corrected chi connectivity index (χ0v) is 13.1. The predicted molar refractivity (Wildman–Crippen MR) is 86.1 cm³/mol. The fourth-order valence-electron chi connectivity index (χ4n) is 1.87. The van der Waals surface area contributed by atoms with E-state index in [0.29, 0.717) is 0 Å². The molecule has 2 rings (SSSR count). The van der Waals surface area contributed by atoms with Crippen LogP contribution in [-0.4, -0.2) is 38.0 Å². The Morgan fingerprint density at radius 2 is 2.18 bits per heavy atom. The van der Waals surface area contributed by atoms with Crippen molar-refractivity contribution in [2.24, 2.45) is 0 Å². The molecule has 2 heterocycles. The van der Waals surface area contributed by atoms with Crippen molar-refractivity contribution >= 4 is 17.7 Å². The normalized spacial score (nSPS) is 10.2. The predicted octanol–water partition coefficient (Wildman–Crippen LogP) is 1.59. The summed E-state index contributed by atoms with van der Waals surface area (Å²) in [6.07, 6.45) is 9.51. The Labute approximate surface area is 133 Å². The van der Waals surface area contributed by atoms with Gasteiger partial charge < -0.3 is 9.88 Å². The van der Waals surface area contributed by atoms with Crippen LogP contribution >= 0.6 is 11.8 Å². The zero-order valence-electron chi connectivity index (χ0n) is 12.3. The Bertz CT molecular complexity index is 662. The first kappa shape index (κ1) is 16.0. The second-order valence-electron chi connectivity index (χ2n) is 4.46. The highest BCUT2D eigenvalue weighted by Gasteiger charge is 2.14. The highest BCUT2D eigenvalue weighted by atomic mass is 32.2. The highest BCUT2D eigenvalue weighted by Crippen LogP contribution is 2.23. The first-order chi connectivity index (χ1) is 10.8. The Morgan fingerprint density at radius 3 is 2.86 bits per heavy atom. The number of terminal acetylenes is 1. The van der Waals surface area contributed by atoms with Gasteiger partial charge in [-0.15, -0.1) is 16.6 Å². The minimum absolute atomic E-state index is 0.112. The second-order valence-corrected chi connectivity index (χ2v) is 5.41. The summed E-state index contributed by atoms with van der Waals surface area (Å²) in [7, 11) is 0. The van der Waals surface area contributed by atoms with Gasteiger partial charge in [0.1, 0.15) is 0 Å². The molecule has 6 nitrogen and oxygen atoms in total. The zero-order chi connectivity index (χ0) is 15.8. The smallest absolute Gasteiger partial charge is 0.231 e. The number of pyridine rings is 1. The minimum Gasteiger partial charge on any atom is -0.344 e. The third-order valence-corrected chi connectivity index (χ3v) is 3.79. The molecule has 0 radical (unpaired) electrons. The van der Waals surface area contributed by atoms with E-state index in [1.165, 1.54) is 11.8 Å². The summed E-state index contributed by atoms with van der Waals surface area (Å²) in [5, 5.41) is 11.8. The number of hydrogen-bond acceptors (Lipinski definition) is 5. The molecule has 0 aliphatic rings. The maximum Gasteiger partial charge on any atom is 0.231 e. The van der Waals surface area contributed by atoms with Gasteiger partial charge in [0.15, 0.2) is 11.0 Å². The summed E-state index contributed by atoms with van der Waals surface area (Å²) in [4.78, 5) is 15.6. The number of aromatic nitrogens is 4. The Balaban J connectivity index is 2.14. The topological polar surface area (TPSA) is 72.7 Å². The lowest BCUT2D eigenvalue weighted by Gasteiger charge is -2.08. The Kier molecular flexibility index (Phi) is 5.98. The average Bonchev–Trinajstić information content (AvgIpc) is 2.95. The number of rotatable bonds is 7. The van der Waals surface area contributed by atoms with Gasteiger partial charge in [0.25, 0.3) is 0 Å². The van der Waals surface area contributed by atoms with E-state index in [1.54, 1.807) is 12.4 Å². The van der Waals surface area contributed by atoms with Crippen molar-refractivity contribution < 1.29 is 4.79 Å². The fourth-order valence-corrected chi connectivity index (χ4v) is 2.66. The molecule has 0 aromatic carbocycles. The molecule has 0 aliphatic heterocycles. The molecule has 0 saturated heterocycles. The molecule has 0 aliphatic carbocycles. The van der Waals surface area contributed by atoms with E-state index in [0.717, 1.165) is 29.5 Å². The van der Waals surface area contributed by atoms with Crippen molar-refractivity contribution in [1.29, 1.82) is 0 Å². The van der Waals surface area contributed by atoms with E-state index < -0.39 is 0 Å². The summed E-state index contributed by atoms with van der Waals surface area (Å²) in [6, 6.07) is 3.79. The second kappa shape index (κ2) is 8.20. The number of carbonyl (C=O) groups is 1. The number of nitrogens with one attached hydrogen (secondary N) is 1. The largest absolute Gasteiger partial charge is 0.344 e. The lowest BCUT2D eigenvalue weighted by atomic mass is 10.2. The third kappa shape index (κ3) is 4.09. The first-order valence-electron chi connectivity index (χ1n) is 6.92. The van der Waals surface area contributed by atoms with Crippen molar-refractivity contribution in [1.82, 2.24) is 25.1 Å². The molecule has 22 heavy (non-hydrogen) atoms. The van der Waals surface area contributed by atoms with Gasteiger partial charge in [-0.3, -0.25) is 9.78 Å². The van der Waals surface area contributed by atoms with Crippen LogP contribution in [0.1, 0.15) is 13.3 Å². The van der Waals surface area contributed by atoms with Crippen LogP contribution < -0.4 is 5.32 Å². The van der Waals surface area contributed by atoms with Gasteiger partial charge in [0.2, 0.25) is 5.91 Å². The molecule has 0 atom stereocenters. The molecule has 2 aromatic rings. The molecule has 0 spiro atoms. The molecule has 0 bridgehead atoms. The molecular formula is C15H17N5OS. The van der Waals surface area contributed by atoms with E-state index in [2.05, 4.69) is 33.3 Å². The van der Waals surface area contributed by atoms with Crippen LogP contribution in [0.2, 0.25) is 0 Å². The molecule has 1 N–H and O–H groups in total. The Morgan fingerprint density at radius 1 is 1.41 bits per heavy atom. The standard InChI is InChI=1S/C15H17N5OS/c1-3-7-17-13(21)11-22-15-19-18-14(20(15)10-4-2)12-5-8-16-9-6-12/h1,5-6,8-9H,4,7,10-11H2,2H3,(H,17,21). The number of hydrogen-bond donors (Lipinski definition) is 1. The van der Waals surface area contributed by atoms with E-state index >= 15 is 0 Å². The van der Waals surface area contributed by atoms with E-state index in [1.807, 2.05) is 16.7 Å². The number of thioether (sulfide) groups is 1. The molecule has 0 saturated carbocycles. The minimum atomic E-state index is -0.112. The van der Waals surface area contributed by atoms with Gasteiger partial charge in [-0.05, 0) is 18.6 Å². The van der Waals surface area contributed by atoms with Crippen molar-refractivity contribution in [2.45, 2.75) is 25.0 Å². The van der Waals surface area contributed by atoms with Crippen molar-refractivity contribution in [3.8, 4) is 23.7 Å². The maximum absolute atomic E-state index is 11.6.